The van der Waals surface area contributed by atoms with Gasteiger partial charge in [0.15, 0.2) is 0 Å². The van der Waals surface area contributed by atoms with E-state index in [2.05, 4.69) is 0 Å². The van der Waals surface area contributed by atoms with Crippen molar-refractivity contribution < 1.29 is 18.3 Å². The van der Waals surface area contributed by atoms with Crippen LogP contribution in [0.3, 0.4) is 0 Å². The number of nitrogens with zero attached hydrogens (tertiary/aromatic N) is 2. The van der Waals surface area contributed by atoms with Crippen LogP contribution in [0.25, 0.3) is 0 Å². The van der Waals surface area contributed by atoms with Gasteiger partial charge in [0.1, 0.15) is 6.04 Å². The van der Waals surface area contributed by atoms with Crippen LogP contribution in [0, 0.1) is 18.3 Å². The molecule has 1 aromatic rings. The molecule has 0 amide bonds. The van der Waals surface area contributed by atoms with Crippen molar-refractivity contribution in [2.75, 3.05) is 6.54 Å². The molecular weight excluding hydrogens is 280 g/mol. The molecule has 2 rings (SSSR count). The van der Waals surface area contributed by atoms with E-state index in [9.17, 15) is 13.2 Å². The van der Waals surface area contributed by atoms with Gasteiger partial charge in [0.05, 0.1) is 16.5 Å². The first-order valence-corrected chi connectivity index (χ1v) is 7.57. The molecular formula is C13H14N2O4S. The number of rotatable bonds is 3. The molecule has 1 fully saturated rings. The fraction of sp³-hybridized carbons (Fsp3) is 0.385. The number of hydrogen-bond acceptors (Lipinski definition) is 4. The summed E-state index contributed by atoms with van der Waals surface area (Å²) in [6, 6.07) is 5.25. The third-order valence-electron chi connectivity index (χ3n) is 3.39. The van der Waals surface area contributed by atoms with E-state index in [4.69, 9.17) is 10.4 Å². The highest BCUT2D eigenvalue weighted by atomic mass is 32.2. The van der Waals surface area contributed by atoms with Crippen LogP contribution in [0.5, 0.6) is 0 Å². The largest absolute Gasteiger partial charge is 0.480 e. The predicted octanol–water partition coefficient (Wildman–Crippen LogP) is 1.10. The highest BCUT2D eigenvalue weighted by molar-refractivity contribution is 7.89. The van der Waals surface area contributed by atoms with Crippen LogP contribution < -0.4 is 0 Å². The van der Waals surface area contributed by atoms with Crippen LogP contribution in [-0.4, -0.2) is 36.4 Å². The Morgan fingerprint density at radius 1 is 1.50 bits per heavy atom. The Labute approximate surface area is 117 Å². The Balaban J connectivity index is 2.51. The maximum atomic E-state index is 12.6. The number of hydrogen-bond donors (Lipinski definition) is 1. The maximum absolute atomic E-state index is 12.6. The molecule has 1 saturated heterocycles. The SMILES string of the molecule is Cc1ccc(C#N)cc1S(=O)(=O)N1CCCC1C(=O)O. The van der Waals surface area contributed by atoms with Gasteiger partial charge in [-0.3, -0.25) is 4.79 Å². The van der Waals surface area contributed by atoms with Crippen molar-refractivity contribution in [3.8, 4) is 6.07 Å². The van der Waals surface area contributed by atoms with E-state index in [1.54, 1.807) is 13.0 Å². The van der Waals surface area contributed by atoms with Crippen LogP contribution >= 0.6 is 0 Å². The molecule has 7 heteroatoms. The second-order valence-corrected chi connectivity index (χ2v) is 6.56. The van der Waals surface area contributed by atoms with Gasteiger partial charge < -0.3 is 5.11 Å². The zero-order chi connectivity index (χ0) is 14.9. The van der Waals surface area contributed by atoms with E-state index in [0.717, 1.165) is 4.31 Å². The van der Waals surface area contributed by atoms with Crippen molar-refractivity contribution in [2.45, 2.75) is 30.7 Å². The lowest BCUT2D eigenvalue weighted by atomic mass is 10.2. The summed E-state index contributed by atoms with van der Waals surface area (Å²) < 4.78 is 26.2. The van der Waals surface area contributed by atoms with E-state index in [1.807, 2.05) is 6.07 Å². The quantitative estimate of drug-likeness (QED) is 0.900. The van der Waals surface area contributed by atoms with Gasteiger partial charge >= 0.3 is 5.97 Å². The summed E-state index contributed by atoms with van der Waals surface area (Å²) in [5.41, 5.74) is 0.736. The van der Waals surface area contributed by atoms with Crippen LogP contribution in [0.4, 0.5) is 0 Å². The second-order valence-electron chi connectivity index (χ2n) is 4.70. The molecule has 20 heavy (non-hydrogen) atoms. The zero-order valence-corrected chi connectivity index (χ0v) is 11.7. The second kappa shape index (κ2) is 5.23. The molecule has 1 N–H and O–H groups in total. The third kappa shape index (κ3) is 2.40. The number of carboxylic acids is 1. The first-order chi connectivity index (χ1) is 9.37. The first kappa shape index (κ1) is 14.5. The smallest absolute Gasteiger partial charge is 0.322 e. The molecule has 106 valence electrons. The fourth-order valence-electron chi connectivity index (χ4n) is 2.35. The number of benzene rings is 1. The number of carbonyl (C=O) groups is 1. The molecule has 1 aromatic carbocycles. The van der Waals surface area contributed by atoms with Crippen molar-refractivity contribution in [1.82, 2.24) is 4.31 Å². The van der Waals surface area contributed by atoms with Gasteiger partial charge in [-0.05, 0) is 37.5 Å². The molecule has 0 bridgehead atoms. The monoisotopic (exact) mass is 294 g/mol. The Hall–Kier alpha value is -1.91. The van der Waals surface area contributed by atoms with Crippen molar-refractivity contribution in [3.63, 3.8) is 0 Å². The average Bonchev–Trinajstić information content (AvgIpc) is 2.89. The number of sulfonamides is 1. The lowest BCUT2D eigenvalue weighted by Crippen LogP contribution is -2.40. The van der Waals surface area contributed by atoms with Gasteiger partial charge in [-0.25, -0.2) is 8.42 Å². The number of nitriles is 1. The third-order valence-corrected chi connectivity index (χ3v) is 5.44. The summed E-state index contributed by atoms with van der Waals surface area (Å²) in [7, 11) is -3.89. The molecule has 1 atom stereocenters. The fourth-order valence-corrected chi connectivity index (χ4v) is 4.25. The van der Waals surface area contributed by atoms with Crippen LogP contribution in [0.2, 0.25) is 0 Å². The summed E-state index contributed by atoms with van der Waals surface area (Å²) in [6.45, 7) is 1.81. The van der Waals surface area contributed by atoms with E-state index in [1.165, 1.54) is 12.1 Å². The van der Waals surface area contributed by atoms with Gasteiger partial charge in [0.2, 0.25) is 10.0 Å². The van der Waals surface area contributed by atoms with Gasteiger partial charge in [-0.2, -0.15) is 9.57 Å². The van der Waals surface area contributed by atoms with E-state index in [-0.39, 0.29) is 17.0 Å². The Morgan fingerprint density at radius 3 is 2.80 bits per heavy atom. The van der Waals surface area contributed by atoms with Gasteiger partial charge in [-0.15, -0.1) is 0 Å². The molecule has 1 unspecified atom stereocenters. The Kier molecular flexibility index (Phi) is 3.79. The van der Waals surface area contributed by atoms with Gasteiger partial charge in [0, 0.05) is 6.54 Å². The molecule has 0 spiro atoms. The summed E-state index contributed by atoms with van der Waals surface area (Å²) in [6.07, 6.45) is 0.832. The van der Waals surface area contributed by atoms with Crippen LogP contribution in [0.1, 0.15) is 24.0 Å². The molecule has 0 radical (unpaired) electrons. The highest BCUT2D eigenvalue weighted by Crippen LogP contribution is 2.28. The van der Waals surface area contributed by atoms with Crippen molar-refractivity contribution in [3.05, 3.63) is 29.3 Å². The molecule has 1 aliphatic rings. The zero-order valence-electron chi connectivity index (χ0n) is 10.9. The lowest BCUT2D eigenvalue weighted by molar-refractivity contribution is -0.140. The van der Waals surface area contributed by atoms with E-state index >= 15 is 0 Å². The van der Waals surface area contributed by atoms with Crippen molar-refractivity contribution in [2.24, 2.45) is 0 Å². The molecule has 6 nitrogen and oxygen atoms in total. The standard InChI is InChI=1S/C13H14N2O4S/c1-9-4-5-10(8-14)7-12(9)20(18,19)15-6-2-3-11(15)13(16)17/h4-5,7,11H,2-3,6H2,1H3,(H,16,17). The van der Waals surface area contributed by atoms with Crippen molar-refractivity contribution >= 4 is 16.0 Å². The average molecular weight is 294 g/mol. The lowest BCUT2D eigenvalue weighted by Gasteiger charge is -2.22. The normalized spacial score (nSPS) is 19.7. The topological polar surface area (TPSA) is 98.5 Å². The van der Waals surface area contributed by atoms with Crippen molar-refractivity contribution in [1.29, 1.82) is 5.26 Å². The number of aliphatic carboxylic acids is 1. The summed E-state index contributed by atoms with van der Waals surface area (Å²) in [4.78, 5) is 11.1. The summed E-state index contributed by atoms with van der Waals surface area (Å²) >= 11 is 0. The van der Waals surface area contributed by atoms with Gasteiger partial charge in [-0.1, -0.05) is 6.07 Å². The molecule has 1 heterocycles. The minimum absolute atomic E-state index is 0.00435. The summed E-state index contributed by atoms with van der Waals surface area (Å²) in [5.74, 6) is -1.14. The number of carboxylic acid groups (broad SMARTS) is 1. The first-order valence-electron chi connectivity index (χ1n) is 6.13. The van der Waals surface area contributed by atoms with Gasteiger partial charge in [0.25, 0.3) is 0 Å². The molecule has 0 saturated carbocycles. The number of aryl methyl sites for hydroxylation is 1. The highest BCUT2D eigenvalue weighted by Gasteiger charge is 2.40. The molecule has 0 aromatic heterocycles. The van der Waals surface area contributed by atoms with E-state index in [0.29, 0.717) is 18.4 Å². The Bertz CT molecular complexity index is 691. The van der Waals surface area contributed by atoms with E-state index < -0.39 is 22.0 Å². The predicted molar refractivity (Wildman–Crippen MR) is 70.4 cm³/mol. The van der Waals surface area contributed by atoms with Crippen LogP contribution in [0.15, 0.2) is 23.1 Å². The maximum Gasteiger partial charge on any atom is 0.322 e. The Morgan fingerprint density at radius 2 is 2.20 bits per heavy atom. The molecule has 0 aliphatic carbocycles. The van der Waals surface area contributed by atoms with Crippen LogP contribution in [-0.2, 0) is 14.8 Å². The minimum atomic E-state index is -3.89. The minimum Gasteiger partial charge on any atom is -0.480 e. The molecule has 1 aliphatic heterocycles. The summed E-state index contributed by atoms with van der Waals surface area (Å²) in [5, 5.41) is 18.0.